The predicted molar refractivity (Wildman–Crippen MR) is 119 cm³/mol. The number of hydrogen-bond acceptors (Lipinski definition) is 4. The molecule has 0 aliphatic rings. The molecule has 0 aliphatic heterocycles. The van der Waals surface area contributed by atoms with Gasteiger partial charge in [0.25, 0.3) is 5.56 Å². The minimum atomic E-state index is -0.732. The molecule has 0 saturated carbocycles. The maximum absolute atomic E-state index is 12.4. The number of hydrogen-bond donors (Lipinski definition) is 3. The lowest BCUT2D eigenvalue weighted by molar-refractivity contribution is -0.655. The first-order valence-electron chi connectivity index (χ1n) is 10.1. The molecule has 0 radical (unpaired) electrons. The van der Waals surface area contributed by atoms with Crippen molar-refractivity contribution in [2.45, 2.75) is 26.0 Å². The van der Waals surface area contributed by atoms with Gasteiger partial charge in [-0.3, -0.25) is 9.78 Å². The Morgan fingerprint density at radius 2 is 1.81 bits per heavy atom. The molecule has 0 fully saturated rings. The fraction of sp³-hybridized carbons (Fsp3) is 0.167. The fourth-order valence-corrected chi connectivity index (χ4v) is 4.06. The molecule has 0 amide bonds. The summed E-state index contributed by atoms with van der Waals surface area (Å²) in [5.74, 6) is 0. The van der Waals surface area contributed by atoms with Gasteiger partial charge in [0.2, 0.25) is 5.52 Å². The highest BCUT2D eigenvalue weighted by Gasteiger charge is 2.21. The summed E-state index contributed by atoms with van der Waals surface area (Å²) in [4.78, 5) is 33.7. The van der Waals surface area contributed by atoms with Crippen molar-refractivity contribution in [3.63, 3.8) is 0 Å². The summed E-state index contributed by atoms with van der Waals surface area (Å²) in [5, 5.41) is 13.2. The smallest absolute Gasteiger partial charge is 0.389 e. The van der Waals surface area contributed by atoms with Crippen molar-refractivity contribution in [1.29, 1.82) is 0 Å². The van der Waals surface area contributed by atoms with Crippen molar-refractivity contribution in [1.82, 2.24) is 15.0 Å². The van der Waals surface area contributed by atoms with Crippen LogP contribution in [0.25, 0.3) is 33.0 Å². The number of aromatic nitrogens is 4. The molecular weight excluding hydrogens is 392 g/mol. The van der Waals surface area contributed by atoms with Crippen LogP contribution in [-0.4, -0.2) is 26.2 Å². The van der Waals surface area contributed by atoms with Gasteiger partial charge in [-0.2, -0.15) is 4.98 Å². The van der Waals surface area contributed by atoms with Gasteiger partial charge in [-0.05, 0) is 41.0 Å². The molecule has 154 valence electrons. The predicted octanol–water partition coefficient (Wildman–Crippen LogP) is 2.12. The van der Waals surface area contributed by atoms with Crippen LogP contribution in [0.2, 0.25) is 0 Å². The molecule has 0 bridgehead atoms. The quantitative estimate of drug-likeness (QED) is 0.310. The van der Waals surface area contributed by atoms with E-state index in [1.807, 2.05) is 55.5 Å². The Bertz CT molecular complexity index is 1570. The van der Waals surface area contributed by atoms with Crippen LogP contribution < -0.4 is 15.8 Å². The number of fused-ring (bicyclic) bond motifs is 3. The molecule has 3 aromatic carbocycles. The average Bonchev–Trinajstić information content (AvgIpc) is 2.74. The molecule has 1 atom stereocenters. The first-order valence-corrected chi connectivity index (χ1v) is 10.1. The van der Waals surface area contributed by atoms with E-state index in [0.717, 1.165) is 27.4 Å². The average molecular weight is 413 g/mol. The van der Waals surface area contributed by atoms with Gasteiger partial charge in [0.1, 0.15) is 12.1 Å². The number of H-pyrrole nitrogens is 2. The molecule has 2 heterocycles. The Balaban J connectivity index is 1.58. The topological polar surface area (TPSA) is 103 Å². The number of nitrogens with zero attached hydrogens (tertiary/aromatic N) is 2. The van der Waals surface area contributed by atoms with Crippen LogP contribution >= 0.6 is 0 Å². The zero-order chi connectivity index (χ0) is 21.5. The van der Waals surface area contributed by atoms with Gasteiger partial charge in [0.05, 0.1) is 6.10 Å². The van der Waals surface area contributed by atoms with E-state index in [1.54, 1.807) is 4.57 Å². The highest BCUT2D eigenvalue weighted by Crippen LogP contribution is 2.17. The molecular formula is C24H21N4O3+. The highest BCUT2D eigenvalue weighted by atomic mass is 16.3. The van der Waals surface area contributed by atoms with E-state index < -0.39 is 17.4 Å². The van der Waals surface area contributed by atoms with Crippen molar-refractivity contribution < 1.29 is 9.67 Å². The summed E-state index contributed by atoms with van der Waals surface area (Å²) >= 11 is 0. The van der Waals surface area contributed by atoms with Crippen LogP contribution in [0.5, 0.6) is 0 Å². The van der Waals surface area contributed by atoms with Gasteiger partial charge in [-0.15, -0.1) is 0 Å². The zero-order valence-electron chi connectivity index (χ0n) is 16.9. The molecule has 2 aromatic heterocycles. The van der Waals surface area contributed by atoms with Gasteiger partial charge in [0, 0.05) is 6.42 Å². The first-order chi connectivity index (χ1) is 15.0. The van der Waals surface area contributed by atoms with Crippen LogP contribution in [0.4, 0.5) is 0 Å². The van der Waals surface area contributed by atoms with E-state index in [-0.39, 0.29) is 12.1 Å². The van der Waals surface area contributed by atoms with Crippen LogP contribution in [-0.2, 0) is 13.0 Å². The van der Waals surface area contributed by atoms with Gasteiger partial charge >= 0.3 is 11.3 Å². The van der Waals surface area contributed by atoms with Crippen molar-refractivity contribution in [3.05, 3.63) is 92.6 Å². The van der Waals surface area contributed by atoms with Crippen molar-refractivity contribution in [2.24, 2.45) is 0 Å². The standard InChI is InChI=1S/C24H20N4O3/c1-14-6-9-20-19(10-14)25-21-22(26-24(31)27-23(21)30)28(20)13-18(29)12-15-7-8-16-4-2-3-5-17(16)11-15/h2-11,18,29H,12-13H2,1H3,(H,27,30,31)/p+1. The van der Waals surface area contributed by atoms with Crippen LogP contribution in [0.1, 0.15) is 11.1 Å². The largest absolute Gasteiger partial charge is 0.413 e. The summed E-state index contributed by atoms with van der Waals surface area (Å²) < 4.78 is 1.76. The summed E-state index contributed by atoms with van der Waals surface area (Å²) in [5.41, 5.74) is 2.64. The third-order valence-corrected chi connectivity index (χ3v) is 5.50. The summed E-state index contributed by atoms with van der Waals surface area (Å²) in [6, 6.07) is 19.9. The van der Waals surface area contributed by atoms with Crippen LogP contribution in [0, 0.1) is 6.92 Å². The van der Waals surface area contributed by atoms with Gasteiger partial charge in [0.15, 0.2) is 5.52 Å². The Hall–Kier alpha value is -3.84. The molecule has 1 unspecified atom stereocenters. The monoisotopic (exact) mass is 413 g/mol. The second-order valence-electron chi connectivity index (χ2n) is 7.86. The molecule has 31 heavy (non-hydrogen) atoms. The molecule has 5 aromatic rings. The Labute approximate surface area is 176 Å². The van der Waals surface area contributed by atoms with E-state index in [1.165, 1.54) is 0 Å². The van der Waals surface area contributed by atoms with E-state index in [2.05, 4.69) is 27.1 Å². The van der Waals surface area contributed by atoms with E-state index in [4.69, 9.17) is 0 Å². The molecule has 0 spiro atoms. The minimum absolute atomic E-state index is 0.135. The van der Waals surface area contributed by atoms with Crippen molar-refractivity contribution in [3.8, 4) is 0 Å². The molecule has 7 heteroatoms. The number of aryl methyl sites for hydroxylation is 1. The van der Waals surface area contributed by atoms with Crippen molar-refractivity contribution in [2.75, 3.05) is 0 Å². The Kier molecular flexibility index (Phi) is 4.60. The highest BCUT2D eigenvalue weighted by molar-refractivity contribution is 5.83. The minimum Gasteiger partial charge on any atom is -0.389 e. The first kappa shape index (κ1) is 19.1. The Morgan fingerprint density at radius 1 is 1.00 bits per heavy atom. The molecule has 7 nitrogen and oxygen atoms in total. The zero-order valence-corrected chi connectivity index (χ0v) is 16.9. The molecule has 0 saturated heterocycles. The second-order valence-corrected chi connectivity index (χ2v) is 7.86. The number of rotatable bonds is 4. The van der Waals surface area contributed by atoms with Crippen LogP contribution in [0.15, 0.2) is 70.3 Å². The lowest BCUT2D eigenvalue weighted by Crippen LogP contribution is -2.45. The SMILES string of the molecule is Cc1ccc2c(c1)nc1c(=O)[nH]c(=O)[nH]c1[n+]2CC(O)Cc1ccc2ccccc2c1. The lowest BCUT2D eigenvalue weighted by atomic mass is 10.0. The summed E-state index contributed by atoms with van der Waals surface area (Å²) in [6.45, 7) is 2.14. The lowest BCUT2D eigenvalue weighted by Gasteiger charge is -2.13. The third-order valence-electron chi connectivity index (χ3n) is 5.50. The molecule has 3 N–H and O–H groups in total. The van der Waals surface area contributed by atoms with Gasteiger partial charge in [-0.25, -0.2) is 14.3 Å². The summed E-state index contributed by atoms with van der Waals surface area (Å²) in [7, 11) is 0. The number of benzene rings is 3. The van der Waals surface area contributed by atoms with E-state index in [9.17, 15) is 14.7 Å². The number of nitrogens with one attached hydrogen (secondary N) is 2. The van der Waals surface area contributed by atoms with Gasteiger partial charge in [-0.1, -0.05) is 48.5 Å². The normalized spacial score (nSPS) is 12.6. The third kappa shape index (κ3) is 3.60. The van der Waals surface area contributed by atoms with Crippen LogP contribution in [0.3, 0.4) is 0 Å². The second kappa shape index (κ2) is 7.45. The fourth-order valence-electron chi connectivity index (χ4n) is 4.06. The van der Waals surface area contributed by atoms with Gasteiger partial charge < -0.3 is 5.11 Å². The molecule has 0 aliphatic carbocycles. The summed E-state index contributed by atoms with van der Waals surface area (Å²) in [6.07, 6.45) is -0.299. The number of aliphatic hydroxyl groups is 1. The van der Waals surface area contributed by atoms with E-state index >= 15 is 0 Å². The van der Waals surface area contributed by atoms with E-state index in [0.29, 0.717) is 17.6 Å². The maximum Gasteiger partial charge on any atom is 0.413 e. The maximum atomic E-state index is 12.4. The number of aromatic amines is 2. The number of aliphatic hydroxyl groups excluding tert-OH is 1. The molecule has 5 rings (SSSR count). The Morgan fingerprint density at radius 3 is 2.65 bits per heavy atom. The van der Waals surface area contributed by atoms with Crippen molar-refractivity contribution >= 4 is 33.0 Å².